The largest absolute Gasteiger partial charge is 0.496 e. The highest BCUT2D eigenvalue weighted by Gasteiger charge is 2.33. The third-order valence-corrected chi connectivity index (χ3v) is 3.05. The summed E-state index contributed by atoms with van der Waals surface area (Å²) < 4.78 is 5.30. The standard InChI is InChI=1S/C12H15NO2/c1-8-10(7-13-12(8)14)9-5-3-4-6-11(9)15-2/h3-6,8,10H,7H2,1-2H3,(H,13,14)/t8-,10+/m1/s1. The molecule has 1 aromatic rings. The van der Waals surface area contributed by atoms with E-state index in [4.69, 9.17) is 4.74 Å². The molecule has 1 N–H and O–H groups in total. The van der Waals surface area contributed by atoms with E-state index in [1.54, 1.807) is 7.11 Å². The highest BCUT2D eigenvalue weighted by Crippen LogP contribution is 2.34. The van der Waals surface area contributed by atoms with Gasteiger partial charge in [-0.3, -0.25) is 4.79 Å². The van der Waals surface area contributed by atoms with Crippen LogP contribution in [0.2, 0.25) is 0 Å². The van der Waals surface area contributed by atoms with Crippen molar-refractivity contribution in [2.75, 3.05) is 13.7 Å². The molecule has 0 unspecified atom stereocenters. The summed E-state index contributed by atoms with van der Waals surface area (Å²) in [6, 6.07) is 7.88. The molecule has 3 nitrogen and oxygen atoms in total. The molecule has 1 heterocycles. The molecule has 0 saturated carbocycles. The number of hydrogen-bond acceptors (Lipinski definition) is 2. The maximum absolute atomic E-state index is 11.4. The van der Waals surface area contributed by atoms with Crippen LogP contribution in [-0.2, 0) is 4.79 Å². The van der Waals surface area contributed by atoms with E-state index in [9.17, 15) is 4.79 Å². The van der Waals surface area contributed by atoms with Crippen LogP contribution in [0.5, 0.6) is 5.75 Å². The van der Waals surface area contributed by atoms with E-state index in [0.29, 0.717) is 6.54 Å². The second-order valence-corrected chi connectivity index (χ2v) is 3.88. The molecule has 0 aromatic heterocycles. The van der Waals surface area contributed by atoms with Crippen LogP contribution in [0.1, 0.15) is 18.4 Å². The molecule has 0 spiro atoms. The van der Waals surface area contributed by atoms with Gasteiger partial charge in [-0.1, -0.05) is 25.1 Å². The zero-order chi connectivity index (χ0) is 10.8. The Morgan fingerprint density at radius 3 is 2.73 bits per heavy atom. The van der Waals surface area contributed by atoms with Gasteiger partial charge in [-0.05, 0) is 11.6 Å². The maximum atomic E-state index is 11.4. The molecule has 1 aliphatic heterocycles. The van der Waals surface area contributed by atoms with E-state index in [1.807, 2.05) is 31.2 Å². The van der Waals surface area contributed by atoms with Gasteiger partial charge in [0.15, 0.2) is 0 Å². The first-order valence-corrected chi connectivity index (χ1v) is 5.14. The Labute approximate surface area is 89.4 Å². The third kappa shape index (κ3) is 1.69. The van der Waals surface area contributed by atoms with Gasteiger partial charge in [0.2, 0.25) is 5.91 Å². The predicted octanol–water partition coefficient (Wildman–Crippen LogP) is 1.54. The lowest BCUT2D eigenvalue weighted by Crippen LogP contribution is -2.16. The number of amides is 1. The van der Waals surface area contributed by atoms with E-state index >= 15 is 0 Å². The molecule has 80 valence electrons. The summed E-state index contributed by atoms with van der Waals surface area (Å²) in [4.78, 5) is 11.4. The lowest BCUT2D eigenvalue weighted by atomic mass is 9.89. The monoisotopic (exact) mass is 205 g/mol. The average molecular weight is 205 g/mol. The third-order valence-electron chi connectivity index (χ3n) is 3.05. The molecule has 15 heavy (non-hydrogen) atoms. The predicted molar refractivity (Wildman–Crippen MR) is 57.9 cm³/mol. The fourth-order valence-corrected chi connectivity index (χ4v) is 2.08. The summed E-state index contributed by atoms with van der Waals surface area (Å²) in [7, 11) is 1.66. The molecule has 0 bridgehead atoms. The molecule has 1 saturated heterocycles. The number of rotatable bonds is 2. The van der Waals surface area contributed by atoms with Crippen LogP contribution in [0.25, 0.3) is 0 Å². The topological polar surface area (TPSA) is 38.3 Å². The Balaban J connectivity index is 2.33. The lowest BCUT2D eigenvalue weighted by molar-refractivity contribution is -0.122. The molecule has 0 radical (unpaired) electrons. The smallest absolute Gasteiger partial charge is 0.223 e. The van der Waals surface area contributed by atoms with Crippen LogP contribution in [0.4, 0.5) is 0 Å². The molecular formula is C12H15NO2. The fourth-order valence-electron chi connectivity index (χ4n) is 2.08. The van der Waals surface area contributed by atoms with E-state index in [0.717, 1.165) is 11.3 Å². The van der Waals surface area contributed by atoms with Crippen molar-refractivity contribution in [3.63, 3.8) is 0 Å². The van der Waals surface area contributed by atoms with Crippen LogP contribution in [0.15, 0.2) is 24.3 Å². The number of benzene rings is 1. The number of nitrogens with one attached hydrogen (secondary N) is 1. The summed E-state index contributed by atoms with van der Waals surface area (Å²) in [5.74, 6) is 1.26. The SMILES string of the molecule is COc1ccccc1[C@H]1CNC(=O)[C@@H]1C. The molecule has 2 rings (SSSR count). The van der Waals surface area contributed by atoms with Crippen molar-refractivity contribution in [3.8, 4) is 5.75 Å². The van der Waals surface area contributed by atoms with Gasteiger partial charge in [0.25, 0.3) is 0 Å². The number of hydrogen-bond donors (Lipinski definition) is 1. The second kappa shape index (κ2) is 3.93. The normalized spacial score (nSPS) is 25.1. The highest BCUT2D eigenvalue weighted by atomic mass is 16.5. The maximum Gasteiger partial charge on any atom is 0.223 e. The van der Waals surface area contributed by atoms with Gasteiger partial charge in [0.05, 0.1) is 7.11 Å². The number of methoxy groups -OCH3 is 1. The minimum absolute atomic E-state index is 0.0290. The molecular weight excluding hydrogens is 190 g/mol. The van der Waals surface area contributed by atoms with Crippen LogP contribution < -0.4 is 10.1 Å². The van der Waals surface area contributed by atoms with Crippen LogP contribution in [-0.4, -0.2) is 19.6 Å². The van der Waals surface area contributed by atoms with Gasteiger partial charge in [0.1, 0.15) is 5.75 Å². The molecule has 2 atom stereocenters. The minimum Gasteiger partial charge on any atom is -0.496 e. The van der Waals surface area contributed by atoms with Crippen molar-refractivity contribution in [2.45, 2.75) is 12.8 Å². The van der Waals surface area contributed by atoms with Crippen molar-refractivity contribution in [1.82, 2.24) is 5.32 Å². The number of carbonyl (C=O) groups excluding carboxylic acids is 1. The van der Waals surface area contributed by atoms with E-state index < -0.39 is 0 Å². The average Bonchev–Trinajstić information content (AvgIpc) is 2.60. The molecule has 1 aliphatic rings. The summed E-state index contributed by atoms with van der Waals surface area (Å²) in [6.45, 7) is 2.67. The van der Waals surface area contributed by atoms with Crippen molar-refractivity contribution >= 4 is 5.91 Å². The number of ether oxygens (including phenoxy) is 1. The quantitative estimate of drug-likeness (QED) is 0.795. The van der Waals surface area contributed by atoms with Crippen molar-refractivity contribution in [2.24, 2.45) is 5.92 Å². The first kappa shape index (κ1) is 10.0. The highest BCUT2D eigenvalue weighted by molar-refractivity contribution is 5.82. The van der Waals surface area contributed by atoms with Crippen LogP contribution in [0.3, 0.4) is 0 Å². The molecule has 0 aliphatic carbocycles. The zero-order valence-corrected chi connectivity index (χ0v) is 8.99. The van der Waals surface area contributed by atoms with Gasteiger partial charge in [0, 0.05) is 18.4 Å². The Morgan fingerprint density at radius 2 is 2.13 bits per heavy atom. The van der Waals surface area contributed by atoms with Gasteiger partial charge < -0.3 is 10.1 Å². The van der Waals surface area contributed by atoms with Crippen molar-refractivity contribution in [3.05, 3.63) is 29.8 Å². The van der Waals surface area contributed by atoms with E-state index in [-0.39, 0.29) is 17.7 Å². The Bertz CT molecular complexity index is 376. The first-order valence-electron chi connectivity index (χ1n) is 5.14. The zero-order valence-electron chi connectivity index (χ0n) is 8.99. The van der Waals surface area contributed by atoms with Crippen molar-refractivity contribution in [1.29, 1.82) is 0 Å². The Morgan fingerprint density at radius 1 is 1.40 bits per heavy atom. The van der Waals surface area contributed by atoms with Crippen molar-refractivity contribution < 1.29 is 9.53 Å². The Kier molecular flexibility index (Phi) is 2.62. The molecule has 1 fully saturated rings. The van der Waals surface area contributed by atoms with E-state index in [2.05, 4.69) is 5.32 Å². The summed E-state index contributed by atoms with van der Waals surface area (Å²) in [6.07, 6.45) is 0. The number of carbonyl (C=O) groups is 1. The fraction of sp³-hybridized carbons (Fsp3) is 0.417. The van der Waals surface area contributed by atoms with Gasteiger partial charge in [-0.15, -0.1) is 0 Å². The van der Waals surface area contributed by atoms with Crippen LogP contribution >= 0.6 is 0 Å². The summed E-state index contributed by atoms with van der Waals surface area (Å²) in [5.41, 5.74) is 1.12. The van der Waals surface area contributed by atoms with Gasteiger partial charge >= 0.3 is 0 Å². The van der Waals surface area contributed by atoms with Gasteiger partial charge in [-0.2, -0.15) is 0 Å². The summed E-state index contributed by atoms with van der Waals surface area (Å²) in [5, 5.41) is 2.87. The van der Waals surface area contributed by atoms with Gasteiger partial charge in [-0.25, -0.2) is 0 Å². The molecule has 1 aromatic carbocycles. The molecule has 1 amide bonds. The minimum atomic E-state index is 0.0290. The molecule has 3 heteroatoms. The lowest BCUT2D eigenvalue weighted by Gasteiger charge is -2.16. The first-order chi connectivity index (χ1) is 7.24. The van der Waals surface area contributed by atoms with E-state index in [1.165, 1.54) is 0 Å². The second-order valence-electron chi connectivity index (χ2n) is 3.88. The Hall–Kier alpha value is -1.51. The summed E-state index contributed by atoms with van der Waals surface area (Å²) >= 11 is 0. The van der Waals surface area contributed by atoms with Crippen LogP contribution in [0, 0.1) is 5.92 Å². The number of para-hydroxylation sites is 1.